The van der Waals surface area contributed by atoms with Gasteiger partial charge in [-0.3, -0.25) is 9.59 Å². The highest BCUT2D eigenvalue weighted by atomic mass is 32.1. The molecule has 2 aromatic carbocycles. The van der Waals surface area contributed by atoms with Gasteiger partial charge in [0, 0.05) is 23.7 Å². The number of fused-ring (bicyclic) bond motifs is 1. The van der Waals surface area contributed by atoms with Crippen LogP contribution in [0.25, 0.3) is 10.1 Å². The van der Waals surface area contributed by atoms with Crippen LogP contribution in [0.1, 0.15) is 30.5 Å². The summed E-state index contributed by atoms with van der Waals surface area (Å²) in [5, 5.41) is 8.45. The van der Waals surface area contributed by atoms with E-state index in [-0.39, 0.29) is 17.9 Å². The van der Waals surface area contributed by atoms with Gasteiger partial charge in [-0.15, -0.1) is 11.3 Å². The van der Waals surface area contributed by atoms with E-state index in [9.17, 15) is 18.4 Å². The molecule has 0 aliphatic carbocycles. The van der Waals surface area contributed by atoms with E-state index in [1.807, 2.05) is 24.3 Å². The molecule has 3 rings (SSSR count). The minimum Gasteiger partial charge on any atom is -0.356 e. The van der Waals surface area contributed by atoms with Crippen molar-refractivity contribution in [3.8, 4) is 0 Å². The molecule has 1 aromatic heterocycles. The van der Waals surface area contributed by atoms with Crippen LogP contribution >= 0.6 is 11.3 Å². The minimum atomic E-state index is -1.07. The molecule has 1 heterocycles. The SMILES string of the molecule is CC(=O)NC(CC(=O)NCCc1csc2ccccc12)c1c(F)cccc1F. The monoisotopic (exact) mass is 402 g/mol. The summed E-state index contributed by atoms with van der Waals surface area (Å²) in [7, 11) is 0. The third-order valence-corrected chi connectivity index (χ3v) is 5.41. The molecule has 146 valence electrons. The number of carbonyl (C=O) groups excluding carboxylic acids is 2. The second-order valence-electron chi connectivity index (χ2n) is 6.45. The van der Waals surface area contributed by atoms with Crippen LogP contribution in [-0.2, 0) is 16.0 Å². The van der Waals surface area contributed by atoms with E-state index in [4.69, 9.17) is 0 Å². The molecule has 1 unspecified atom stereocenters. The van der Waals surface area contributed by atoms with Crippen LogP contribution in [0.4, 0.5) is 8.78 Å². The Balaban J connectivity index is 1.63. The second-order valence-corrected chi connectivity index (χ2v) is 7.36. The first-order chi connectivity index (χ1) is 13.5. The lowest BCUT2D eigenvalue weighted by atomic mass is 10.0. The first-order valence-corrected chi connectivity index (χ1v) is 9.76. The Bertz CT molecular complexity index is 983. The molecule has 0 fully saturated rings. The summed E-state index contributed by atoms with van der Waals surface area (Å²) in [6, 6.07) is 10.4. The van der Waals surface area contributed by atoms with Gasteiger partial charge in [0.2, 0.25) is 11.8 Å². The topological polar surface area (TPSA) is 58.2 Å². The number of thiophene rings is 1. The van der Waals surface area contributed by atoms with Gasteiger partial charge in [-0.1, -0.05) is 24.3 Å². The summed E-state index contributed by atoms with van der Waals surface area (Å²) >= 11 is 1.65. The molecule has 0 saturated heterocycles. The highest BCUT2D eigenvalue weighted by molar-refractivity contribution is 7.17. The number of amides is 2. The summed E-state index contributed by atoms with van der Waals surface area (Å²) in [4.78, 5) is 23.8. The zero-order chi connectivity index (χ0) is 20.1. The summed E-state index contributed by atoms with van der Waals surface area (Å²) < 4.78 is 29.3. The highest BCUT2D eigenvalue weighted by Crippen LogP contribution is 2.26. The quantitative estimate of drug-likeness (QED) is 0.625. The number of carbonyl (C=O) groups is 2. The normalized spacial score (nSPS) is 12.0. The maximum Gasteiger partial charge on any atom is 0.222 e. The van der Waals surface area contributed by atoms with Crippen molar-refractivity contribution in [2.75, 3.05) is 6.54 Å². The van der Waals surface area contributed by atoms with E-state index in [1.165, 1.54) is 17.7 Å². The van der Waals surface area contributed by atoms with Gasteiger partial charge in [0.1, 0.15) is 11.6 Å². The van der Waals surface area contributed by atoms with E-state index in [2.05, 4.69) is 16.0 Å². The van der Waals surface area contributed by atoms with Gasteiger partial charge in [-0.2, -0.15) is 0 Å². The van der Waals surface area contributed by atoms with Gasteiger partial charge in [0.05, 0.1) is 12.5 Å². The van der Waals surface area contributed by atoms with Crippen LogP contribution in [0, 0.1) is 11.6 Å². The van der Waals surface area contributed by atoms with Crippen molar-refractivity contribution in [3.05, 3.63) is 70.6 Å². The first-order valence-electron chi connectivity index (χ1n) is 8.88. The van der Waals surface area contributed by atoms with E-state index >= 15 is 0 Å². The smallest absolute Gasteiger partial charge is 0.222 e. The Kier molecular flexibility index (Phi) is 6.36. The van der Waals surface area contributed by atoms with Crippen LogP contribution in [-0.4, -0.2) is 18.4 Å². The van der Waals surface area contributed by atoms with E-state index < -0.39 is 23.6 Å². The predicted octanol–water partition coefficient (Wildman–Crippen LogP) is 4.11. The summed E-state index contributed by atoms with van der Waals surface area (Å²) in [6.07, 6.45) is 0.399. The molecular formula is C21H20F2N2O2S. The molecule has 0 saturated carbocycles. The van der Waals surface area contributed by atoms with Crippen molar-refractivity contribution in [1.82, 2.24) is 10.6 Å². The lowest BCUT2D eigenvalue weighted by Gasteiger charge is -2.19. The summed E-state index contributed by atoms with van der Waals surface area (Å²) in [5.41, 5.74) is 0.830. The van der Waals surface area contributed by atoms with Crippen molar-refractivity contribution in [2.45, 2.75) is 25.8 Å². The molecule has 2 N–H and O–H groups in total. The number of halogens is 2. The average molecular weight is 402 g/mol. The molecule has 0 radical (unpaired) electrons. The molecule has 4 nitrogen and oxygen atoms in total. The molecular weight excluding hydrogens is 382 g/mol. The lowest BCUT2D eigenvalue weighted by molar-refractivity contribution is -0.122. The third-order valence-electron chi connectivity index (χ3n) is 4.39. The second kappa shape index (κ2) is 8.93. The van der Waals surface area contributed by atoms with E-state index in [1.54, 1.807) is 11.3 Å². The van der Waals surface area contributed by atoms with Crippen LogP contribution in [0.2, 0.25) is 0 Å². The zero-order valence-electron chi connectivity index (χ0n) is 15.3. The lowest BCUT2D eigenvalue weighted by Crippen LogP contribution is -2.34. The first kappa shape index (κ1) is 19.9. The number of benzene rings is 2. The molecule has 3 aromatic rings. The largest absolute Gasteiger partial charge is 0.356 e. The molecule has 2 amide bonds. The summed E-state index contributed by atoms with van der Waals surface area (Å²) in [5.74, 6) is -2.45. The molecule has 1 atom stereocenters. The number of rotatable bonds is 7. The average Bonchev–Trinajstić information content (AvgIpc) is 3.04. The minimum absolute atomic E-state index is 0.248. The number of nitrogens with one attached hydrogen (secondary N) is 2. The van der Waals surface area contributed by atoms with Crippen LogP contribution < -0.4 is 10.6 Å². The fourth-order valence-electron chi connectivity index (χ4n) is 3.13. The van der Waals surface area contributed by atoms with Crippen LogP contribution in [0.15, 0.2) is 47.8 Å². The zero-order valence-corrected chi connectivity index (χ0v) is 16.1. The maximum atomic E-state index is 14.1. The molecule has 0 spiro atoms. The fraction of sp³-hybridized carbons (Fsp3) is 0.238. The number of hydrogen-bond acceptors (Lipinski definition) is 3. The predicted molar refractivity (Wildman–Crippen MR) is 106 cm³/mol. The standard InChI is InChI=1S/C21H20F2N2O2S/c1-13(26)25-18(21-16(22)6-4-7-17(21)23)11-20(27)24-10-9-14-12-28-19-8-3-2-5-15(14)19/h2-8,12,18H,9-11H2,1H3,(H,24,27)(H,25,26). The van der Waals surface area contributed by atoms with Gasteiger partial charge in [0.15, 0.2) is 0 Å². The molecule has 0 bridgehead atoms. The van der Waals surface area contributed by atoms with Crippen molar-refractivity contribution < 1.29 is 18.4 Å². The van der Waals surface area contributed by atoms with Gasteiger partial charge in [-0.05, 0) is 40.9 Å². The Labute approximate surface area is 165 Å². The van der Waals surface area contributed by atoms with Crippen molar-refractivity contribution in [2.24, 2.45) is 0 Å². The maximum absolute atomic E-state index is 14.1. The molecule has 7 heteroatoms. The Morgan fingerprint density at radius 1 is 1.07 bits per heavy atom. The van der Waals surface area contributed by atoms with Gasteiger partial charge in [-0.25, -0.2) is 8.78 Å². The summed E-state index contributed by atoms with van der Waals surface area (Å²) in [6.45, 7) is 1.64. The van der Waals surface area contributed by atoms with Crippen molar-refractivity contribution >= 4 is 33.2 Å². The third kappa shape index (κ3) is 4.72. The molecule has 0 aliphatic heterocycles. The van der Waals surface area contributed by atoms with Gasteiger partial charge in [0.25, 0.3) is 0 Å². The molecule has 0 aliphatic rings. The Morgan fingerprint density at radius 2 is 1.79 bits per heavy atom. The van der Waals surface area contributed by atoms with Crippen molar-refractivity contribution in [3.63, 3.8) is 0 Å². The highest BCUT2D eigenvalue weighted by Gasteiger charge is 2.23. The fourth-order valence-corrected chi connectivity index (χ4v) is 4.13. The van der Waals surface area contributed by atoms with E-state index in [0.29, 0.717) is 13.0 Å². The Hall–Kier alpha value is -2.80. The van der Waals surface area contributed by atoms with E-state index in [0.717, 1.165) is 23.1 Å². The molecule has 28 heavy (non-hydrogen) atoms. The van der Waals surface area contributed by atoms with Gasteiger partial charge >= 0.3 is 0 Å². The van der Waals surface area contributed by atoms with Crippen LogP contribution in [0.5, 0.6) is 0 Å². The van der Waals surface area contributed by atoms with Crippen molar-refractivity contribution in [1.29, 1.82) is 0 Å². The van der Waals surface area contributed by atoms with Gasteiger partial charge < -0.3 is 10.6 Å². The Morgan fingerprint density at radius 3 is 2.50 bits per heavy atom. The van der Waals surface area contributed by atoms with Crippen LogP contribution in [0.3, 0.4) is 0 Å². The number of hydrogen-bond donors (Lipinski definition) is 2.